The zero-order valence-corrected chi connectivity index (χ0v) is 20.2. The number of nitrogens with zero attached hydrogens (tertiary/aromatic N) is 3. The summed E-state index contributed by atoms with van der Waals surface area (Å²) in [6.07, 6.45) is 0. The van der Waals surface area contributed by atoms with Gasteiger partial charge in [0, 0.05) is 42.2 Å². The number of aromatic nitrogens is 1. The van der Waals surface area contributed by atoms with Crippen LogP contribution in [-0.2, 0) is 6.54 Å². The van der Waals surface area contributed by atoms with Crippen molar-refractivity contribution < 1.29 is 9.18 Å². The molecule has 0 saturated carbocycles. The number of hydrogen-bond acceptors (Lipinski definition) is 3. The van der Waals surface area contributed by atoms with Crippen LogP contribution in [0, 0.1) is 19.7 Å². The molecule has 5 heteroatoms. The first-order chi connectivity index (χ1) is 16.3. The summed E-state index contributed by atoms with van der Waals surface area (Å²) in [6.45, 7) is 5.77. The van der Waals surface area contributed by atoms with Gasteiger partial charge in [-0.1, -0.05) is 42.0 Å². The molecule has 3 aromatic carbocycles. The Morgan fingerprint density at radius 1 is 0.912 bits per heavy atom. The lowest BCUT2D eigenvalue weighted by molar-refractivity contribution is 0.0732. The second kappa shape index (κ2) is 10.1. The molecule has 34 heavy (non-hydrogen) atoms. The van der Waals surface area contributed by atoms with Gasteiger partial charge in [0.1, 0.15) is 5.82 Å². The van der Waals surface area contributed by atoms with Crippen LogP contribution in [0.3, 0.4) is 0 Å². The molecule has 0 atom stereocenters. The molecule has 4 aromatic rings. The summed E-state index contributed by atoms with van der Waals surface area (Å²) in [7, 11) is 4.00. The Labute approximate surface area is 200 Å². The lowest BCUT2D eigenvalue weighted by atomic mass is 9.99. The summed E-state index contributed by atoms with van der Waals surface area (Å²) in [5.41, 5.74) is 6.17. The summed E-state index contributed by atoms with van der Waals surface area (Å²) in [5, 5.41) is 0.851. The fourth-order valence-corrected chi connectivity index (χ4v) is 4.03. The normalized spacial score (nSPS) is 11.2. The highest BCUT2D eigenvalue weighted by molar-refractivity contribution is 5.94. The Morgan fingerprint density at radius 3 is 2.35 bits per heavy atom. The molecular formula is C29H30FN3O. The summed E-state index contributed by atoms with van der Waals surface area (Å²) >= 11 is 0. The Balaban J connectivity index is 1.80. The number of carbonyl (C=O) groups excluding carboxylic acids is 1. The predicted molar refractivity (Wildman–Crippen MR) is 136 cm³/mol. The number of halogens is 1. The van der Waals surface area contributed by atoms with Crippen LogP contribution in [0.1, 0.15) is 27.0 Å². The third kappa shape index (κ3) is 5.32. The van der Waals surface area contributed by atoms with Crippen molar-refractivity contribution in [1.29, 1.82) is 0 Å². The van der Waals surface area contributed by atoms with Crippen molar-refractivity contribution in [1.82, 2.24) is 14.8 Å². The van der Waals surface area contributed by atoms with Crippen molar-refractivity contribution in [3.8, 4) is 11.3 Å². The monoisotopic (exact) mass is 455 g/mol. The molecule has 0 spiro atoms. The van der Waals surface area contributed by atoms with E-state index in [4.69, 9.17) is 4.98 Å². The van der Waals surface area contributed by atoms with Crippen LogP contribution in [0.2, 0.25) is 0 Å². The van der Waals surface area contributed by atoms with Crippen LogP contribution in [-0.4, -0.2) is 47.9 Å². The van der Waals surface area contributed by atoms with Crippen molar-refractivity contribution in [3.63, 3.8) is 0 Å². The first-order valence-corrected chi connectivity index (χ1v) is 11.5. The van der Waals surface area contributed by atoms with Crippen molar-refractivity contribution in [2.75, 3.05) is 27.2 Å². The van der Waals surface area contributed by atoms with Gasteiger partial charge in [-0.2, -0.15) is 0 Å². The number of carbonyl (C=O) groups is 1. The lowest BCUT2D eigenvalue weighted by Gasteiger charge is -2.26. The average molecular weight is 456 g/mol. The van der Waals surface area contributed by atoms with E-state index in [9.17, 15) is 9.18 Å². The topological polar surface area (TPSA) is 36.4 Å². The second-order valence-electron chi connectivity index (χ2n) is 9.04. The third-order valence-corrected chi connectivity index (χ3v) is 6.02. The highest BCUT2D eigenvalue weighted by Gasteiger charge is 2.20. The van der Waals surface area contributed by atoms with Gasteiger partial charge in [-0.3, -0.25) is 4.79 Å². The van der Waals surface area contributed by atoms with Crippen LogP contribution >= 0.6 is 0 Å². The van der Waals surface area contributed by atoms with Gasteiger partial charge < -0.3 is 9.80 Å². The Hall–Kier alpha value is -3.57. The minimum Gasteiger partial charge on any atom is -0.333 e. The van der Waals surface area contributed by atoms with Gasteiger partial charge in [-0.05, 0) is 69.4 Å². The zero-order chi connectivity index (χ0) is 24.2. The smallest absolute Gasteiger partial charge is 0.254 e. The maximum absolute atomic E-state index is 14.0. The maximum atomic E-state index is 14.0. The van der Waals surface area contributed by atoms with E-state index in [1.54, 1.807) is 6.07 Å². The molecule has 0 radical (unpaired) electrons. The lowest BCUT2D eigenvalue weighted by Crippen LogP contribution is -2.36. The van der Waals surface area contributed by atoms with Gasteiger partial charge >= 0.3 is 0 Å². The fourth-order valence-electron chi connectivity index (χ4n) is 4.03. The predicted octanol–water partition coefficient (Wildman–Crippen LogP) is 5.86. The van der Waals surface area contributed by atoms with Gasteiger partial charge in [0.2, 0.25) is 0 Å². The molecule has 4 rings (SSSR count). The molecule has 0 aliphatic rings. The summed E-state index contributed by atoms with van der Waals surface area (Å²) in [5.74, 6) is -0.331. The first-order valence-electron chi connectivity index (χ1n) is 11.5. The number of amides is 1. The standard InChI is InChI=1S/C29H30FN3O/c1-20-9-11-22(12-10-20)29(34)33(16-15-32(3)4)19-24-17-23-13-14-25(30)18-27(23)31-28(24)26-8-6-5-7-21(26)2/h5-14,17-18H,15-16,19H2,1-4H3. The van der Waals surface area contributed by atoms with Crippen LogP contribution in [0.25, 0.3) is 22.2 Å². The molecule has 1 heterocycles. The van der Waals surface area contributed by atoms with E-state index < -0.39 is 0 Å². The number of rotatable bonds is 7. The van der Waals surface area contributed by atoms with E-state index in [0.29, 0.717) is 24.2 Å². The van der Waals surface area contributed by atoms with Gasteiger partial charge in [0.05, 0.1) is 11.2 Å². The molecule has 0 aliphatic carbocycles. The molecule has 0 N–H and O–H groups in total. The summed E-state index contributed by atoms with van der Waals surface area (Å²) in [6, 6.07) is 22.4. The Bertz CT molecular complexity index is 1320. The van der Waals surface area contributed by atoms with E-state index in [0.717, 1.165) is 39.9 Å². The number of benzene rings is 3. The minimum atomic E-state index is -0.314. The SMILES string of the molecule is Cc1ccc(C(=O)N(CCN(C)C)Cc2cc3ccc(F)cc3nc2-c2ccccc2C)cc1. The van der Waals surface area contributed by atoms with E-state index in [-0.39, 0.29) is 11.7 Å². The highest BCUT2D eigenvalue weighted by Crippen LogP contribution is 2.30. The van der Waals surface area contributed by atoms with E-state index in [1.807, 2.05) is 87.4 Å². The quantitative estimate of drug-likeness (QED) is 0.350. The molecule has 0 saturated heterocycles. The molecule has 1 aromatic heterocycles. The van der Waals surface area contributed by atoms with E-state index in [2.05, 4.69) is 4.90 Å². The molecular weight excluding hydrogens is 425 g/mol. The van der Waals surface area contributed by atoms with Crippen LogP contribution in [0.4, 0.5) is 4.39 Å². The van der Waals surface area contributed by atoms with Crippen molar-refractivity contribution >= 4 is 16.8 Å². The number of likely N-dealkylation sites (N-methyl/N-ethyl adjacent to an activating group) is 1. The van der Waals surface area contributed by atoms with Crippen molar-refractivity contribution in [3.05, 3.63) is 101 Å². The molecule has 0 fully saturated rings. The van der Waals surface area contributed by atoms with Gasteiger partial charge in [0.15, 0.2) is 0 Å². The van der Waals surface area contributed by atoms with Gasteiger partial charge in [-0.15, -0.1) is 0 Å². The van der Waals surface area contributed by atoms with Crippen LogP contribution in [0.15, 0.2) is 72.8 Å². The summed E-state index contributed by atoms with van der Waals surface area (Å²) in [4.78, 5) is 22.3. The van der Waals surface area contributed by atoms with Crippen LogP contribution < -0.4 is 0 Å². The van der Waals surface area contributed by atoms with E-state index in [1.165, 1.54) is 12.1 Å². The Morgan fingerprint density at radius 2 is 1.65 bits per heavy atom. The largest absolute Gasteiger partial charge is 0.333 e. The summed E-state index contributed by atoms with van der Waals surface area (Å²) < 4.78 is 14.0. The molecule has 0 aliphatic heterocycles. The van der Waals surface area contributed by atoms with Gasteiger partial charge in [-0.25, -0.2) is 9.37 Å². The van der Waals surface area contributed by atoms with E-state index >= 15 is 0 Å². The molecule has 0 bridgehead atoms. The van der Waals surface area contributed by atoms with Crippen LogP contribution in [0.5, 0.6) is 0 Å². The third-order valence-electron chi connectivity index (χ3n) is 6.02. The number of hydrogen-bond donors (Lipinski definition) is 0. The minimum absolute atomic E-state index is 0.0169. The molecule has 4 nitrogen and oxygen atoms in total. The number of aryl methyl sites for hydroxylation is 2. The van der Waals surface area contributed by atoms with Gasteiger partial charge in [0.25, 0.3) is 5.91 Å². The molecule has 174 valence electrons. The van der Waals surface area contributed by atoms with Crippen molar-refractivity contribution in [2.24, 2.45) is 0 Å². The molecule has 1 amide bonds. The maximum Gasteiger partial charge on any atom is 0.254 e. The first kappa shape index (κ1) is 23.6. The zero-order valence-electron chi connectivity index (χ0n) is 20.2. The fraction of sp³-hybridized carbons (Fsp3) is 0.241. The molecule has 0 unspecified atom stereocenters. The number of fused-ring (bicyclic) bond motifs is 1. The highest BCUT2D eigenvalue weighted by atomic mass is 19.1. The average Bonchev–Trinajstić information content (AvgIpc) is 2.81. The van der Waals surface area contributed by atoms with Crippen molar-refractivity contribution in [2.45, 2.75) is 20.4 Å². The number of pyridine rings is 1. The second-order valence-corrected chi connectivity index (χ2v) is 9.04. The Kier molecular flexibility index (Phi) is 7.03.